The van der Waals surface area contributed by atoms with Gasteiger partial charge >= 0.3 is 17.9 Å². The molecule has 0 aliphatic carbocycles. The molecule has 33 heavy (non-hydrogen) atoms. The molecule has 0 heterocycles. The minimum absolute atomic E-state index is 0.0214. The van der Waals surface area contributed by atoms with Crippen molar-refractivity contribution in [3.8, 4) is 0 Å². The molecule has 11 heteroatoms. The summed E-state index contributed by atoms with van der Waals surface area (Å²) in [7, 11) is 0. The van der Waals surface area contributed by atoms with E-state index >= 15 is 0 Å². The highest BCUT2D eigenvalue weighted by Gasteiger charge is 2.29. The molecule has 0 spiro atoms. The van der Waals surface area contributed by atoms with Crippen molar-refractivity contribution >= 4 is 29.8 Å². The van der Waals surface area contributed by atoms with Crippen LogP contribution in [-0.2, 0) is 23.9 Å². The van der Waals surface area contributed by atoms with E-state index in [1.54, 1.807) is 0 Å². The third-order valence-electron chi connectivity index (χ3n) is 5.01. The number of esters is 1. The molecule has 0 aliphatic heterocycles. The molecule has 190 valence electrons. The highest BCUT2D eigenvalue weighted by molar-refractivity contribution is 5.90. The number of hydrogen-bond donors (Lipinski definition) is 6. The van der Waals surface area contributed by atoms with Gasteiger partial charge in [0.25, 0.3) is 5.91 Å². The summed E-state index contributed by atoms with van der Waals surface area (Å²) in [4.78, 5) is 47.0. The zero-order chi connectivity index (χ0) is 25.1. The number of guanidine groups is 1. The Labute approximate surface area is 195 Å². The molecule has 1 amide bonds. The van der Waals surface area contributed by atoms with Gasteiger partial charge in [-0.15, -0.1) is 0 Å². The van der Waals surface area contributed by atoms with Crippen LogP contribution < -0.4 is 16.4 Å². The Balaban J connectivity index is 4.46. The quantitative estimate of drug-likeness (QED) is 0.0666. The Hall–Kier alpha value is -2.85. The minimum Gasteiger partial charge on any atom is -0.481 e. The second kappa shape index (κ2) is 18.7. The molecule has 0 saturated carbocycles. The van der Waals surface area contributed by atoms with E-state index in [4.69, 9.17) is 21.0 Å². The maximum absolute atomic E-state index is 12.4. The SMILES string of the molecule is CCCCCCCCCCCC(=O)OC(CC(=O)O)C(=O)N[C@@H](CCCNC(=N)N)C(=O)O. The van der Waals surface area contributed by atoms with Crippen LogP contribution in [-0.4, -0.2) is 58.7 Å². The molecule has 11 nitrogen and oxygen atoms in total. The van der Waals surface area contributed by atoms with E-state index in [-0.39, 0.29) is 25.3 Å². The van der Waals surface area contributed by atoms with E-state index in [0.717, 1.165) is 19.3 Å². The third-order valence-corrected chi connectivity index (χ3v) is 5.01. The van der Waals surface area contributed by atoms with Crippen LogP contribution in [0.2, 0.25) is 0 Å². The lowest BCUT2D eigenvalue weighted by molar-refractivity contribution is -0.160. The fourth-order valence-electron chi connectivity index (χ4n) is 3.20. The predicted molar refractivity (Wildman–Crippen MR) is 123 cm³/mol. The standard InChI is InChI=1S/C22H40N4O7/c1-2-3-4-5-6-7-8-9-10-13-19(29)33-17(15-18(27)28)20(30)26-16(21(31)32)12-11-14-25-22(23)24/h16-17H,2-15H2,1H3,(H,26,30)(H,27,28)(H,31,32)(H4,23,24,25)/t16-,17?/m0/s1. The number of carbonyl (C=O) groups is 4. The smallest absolute Gasteiger partial charge is 0.326 e. The molecule has 7 N–H and O–H groups in total. The number of carboxylic acids is 2. The van der Waals surface area contributed by atoms with Gasteiger partial charge in [0.2, 0.25) is 0 Å². The summed E-state index contributed by atoms with van der Waals surface area (Å²) in [6.07, 6.45) is 7.62. The van der Waals surface area contributed by atoms with Crippen molar-refractivity contribution in [2.75, 3.05) is 6.54 Å². The van der Waals surface area contributed by atoms with Gasteiger partial charge in [-0.25, -0.2) is 4.79 Å². The lowest BCUT2D eigenvalue weighted by Gasteiger charge is -2.20. The predicted octanol–water partition coefficient (Wildman–Crippen LogP) is 2.13. The first-order valence-corrected chi connectivity index (χ1v) is 11.7. The molecule has 1 unspecified atom stereocenters. The van der Waals surface area contributed by atoms with Crippen LogP contribution in [0.5, 0.6) is 0 Å². The van der Waals surface area contributed by atoms with Crippen molar-refractivity contribution in [3.63, 3.8) is 0 Å². The molecule has 0 radical (unpaired) electrons. The van der Waals surface area contributed by atoms with Crippen molar-refractivity contribution in [3.05, 3.63) is 0 Å². The van der Waals surface area contributed by atoms with Crippen LogP contribution in [0.4, 0.5) is 0 Å². The number of aliphatic carboxylic acids is 2. The van der Waals surface area contributed by atoms with Gasteiger partial charge in [-0.3, -0.25) is 19.8 Å². The van der Waals surface area contributed by atoms with Crippen LogP contribution in [0.25, 0.3) is 0 Å². The maximum atomic E-state index is 12.4. The number of nitrogens with one attached hydrogen (secondary N) is 3. The van der Waals surface area contributed by atoms with Gasteiger partial charge in [-0.1, -0.05) is 58.3 Å². The first-order valence-electron chi connectivity index (χ1n) is 11.7. The monoisotopic (exact) mass is 472 g/mol. The lowest BCUT2D eigenvalue weighted by atomic mass is 10.1. The van der Waals surface area contributed by atoms with Crippen LogP contribution in [0.3, 0.4) is 0 Å². The maximum Gasteiger partial charge on any atom is 0.326 e. The van der Waals surface area contributed by atoms with E-state index in [9.17, 15) is 24.3 Å². The number of carbonyl (C=O) groups excluding carboxylic acids is 2. The Morgan fingerprint density at radius 3 is 2.03 bits per heavy atom. The molecule has 0 aromatic rings. The average Bonchev–Trinajstić information content (AvgIpc) is 2.73. The molecule has 2 atom stereocenters. The van der Waals surface area contributed by atoms with Gasteiger partial charge in [-0.2, -0.15) is 0 Å². The lowest BCUT2D eigenvalue weighted by Crippen LogP contribution is -2.47. The van der Waals surface area contributed by atoms with Gasteiger partial charge in [0, 0.05) is 13.0 Å². The highest BCUT2D eigenvalue weighted by Crippen LogP contribution is 2.12. The fraction of sp³-hybridized carbons (Fsp3) is 0.773. The van der Waals surface area contributed by atoms with Crippen molar-refractivity contribution < 1.29 is 34.1 Å². The molecular formula is C22H40N4O7. The third kappa shape index (κ3) is 17.4. The molecular weight excluding hydrogens is 432 g/mol. The van der Waals surface area contributed by atoms with Crippen LogP contribution in [0.1, 0.15) is 90.4 Å². The molecule has 0 saturated heterocycles. The van der Waals surface area contributed by atoms with Gasteiger partial charge < -0.3 is 31.3 Å². The van der Waals surface area contributed by atoms with E-state index in [1.807, 2.05) is 0 Å². The molecule has 0 bridgehead atoms. The minimum atomic E-state index is -1.61. The largest absolute Gasteiger partial charge is 0.481 e. The van der Waals surface area contributed by atoms with Crippen LogP contribution in [0, 0.1) is 5.41 Å². The van der Waals surface area contributed by atoms with Crippen LogP contribution in [0.15, 0.2) is 0 Å². The first-order chi connectivity index (χ1) is 15.7. The fourth-order valence-corrected chi connectivity index (χ4v) is 3.20. The molecule has 0 aromatic heterocycles. The summed E-state index contributed by atoms with van der Waals surface area (Å²) in [5, 5.41) is 30.1. The van der Waals surface area contributed by atoms with Gasteiger partial charge in [0.05, 0.1) is 6.42 Å². The van der Waals surface area contributed by atoms with Gasteiger partial charge in [0.1, 0.15) is 6.04 Å². The van der Waals surface area contributed by atoms with Crippen molar-refractivity contribution in [1.29, 1.82) is 5.41 Å². The van der Waals surface area contributed by atoms with Crippen molar-refractivity contribution in [2.24, 2.45) is 5.73 Å². The second-order valence-electron chi connectivity index (χ2n) is 8.04. The molecule has 0 aliphatic rings. The molecule has 0 fully saturated rings. The zero-order valence-corrected chi connectivity index (χ0v) is 19.6. The Morgan fingerprint density at radius 2 is 1.52 bits per heavy atom. The Bertz CT molecular complexity index is 628. The molecule has 0 rings (SSSR count). The summed E-state index contributed by atoms with van der Waals surface area (Å²) >= 11 is 0. The van der Waals surface area contributed by atoms with E-state index < -0.39 is 42.4 Å². The number of ether oxygens (including phenoxy) is 1. The van der Waals surface area contributed by atoms with Crippen molar-refractivity contribution in [1.82, 2.24) is 10.6 Å². The number of hydrogen-bond acceptors (Lipinski definition) is 6. The normalized spacial score (nSPS) is 12.4. The van der Waals surface area contributed by atoms with E-state index in [1.165, 1.54) is 32.1 Å². The Kier molecular flexibility index (Phi) is 17.1. The second-order valence-corrected chi connectivity index (χ2v) is 8.04. The summed E-state index contributed by atoms with van der Waals surface area (Å²) in [5.41, 5.74) is 5.15. The molecule has 0 aromatic carbocycles. The number of unbranched alkanes of at least 4 members (excludes halogenated alkanes) is 8. The topological polar surface area (TPSA) is 192 Å². The number of carboxylic acid groups (broad SMARTS) is 2. The summed E-state index contributed by atoms with van der Waals surface area (Å²) in [6, 6.07) is -1.29. The highest BCUT2D eigenvalue weighted by atomic mass is 16.5. The number of rotatable bonds is 20. The summed E-state index contributed by atoms with van der Waals surface area (Å²) < 4.78 is 5.05. The zero-order valence-electron chi connectivity index (χ0n) is 19.6. The van der Waals surface area contributed by atoms with E-state index in [0.29, 0.717) is 12.8 Å². The van der Waals surface area contributed by atoms with E-state index in [2.05, 4.69) is 17.6 Å². The summed E-state index contributed by atoms with van der Waals surface area (Å²) in [6.45, 7) is 2.41. The average molecular weight is 473 g/mol. The first kappa shape index (κ1) is 30.1. The van der Waals surface area contributed by atoms with Gasteiger partial charge in [-0.05, 0) is 19.3 Å². The number of nitrogens with two attached hydrogens (primary N) is 1. The van der Waals surface area contributed by atoms with Gasteiger partial charge in [0.15, 0.2) is 12.1 Å². The number of amides is 1. The van der Waals surface area contributed by atoms with Crippen LogP contribution >= 0.6 is 0 Å². The Morgan fingerprint density at radius 1 is 0.939 bits per heavy atom. The van der Waals surface area contributed by atoms with Crippen molar-refractivity contribution in [2.45, 2.75) is 103 Å². The summed E-state index contributed by atoms with van der Waals surface area (Å²) in [5.74, 6) is -4.56.